The molecule has 9 heteroatoms. The van der Waals surface area contributed by atoms with Crippen LogP contribution in [0.3, 0.4) is 0 Å². The quantitative estimate of drug-likeness (QED) is 0.590. The lowest BCUT2D eigenvalue weighted by Gasteiger charge is -2.29. The van der Waals surface area contributed by atoms with Crippen LogP contribution in [0.15, 0.2) is 12.7 Å². The summed E-state index contributed by atoms with van der Waals surface area (Å²) in [7, 11) is 0. The summed E-state index contributed by atoms with van der Waals surface area (Å²) in [4.78, 5) is 12.2. The van der Waals surface area contributed by atoms with Crippen molar-refractivity contribution in [3.63, 3.8) is 0 Å². The molecule has 0 amide bonds. The summed E-state index contributed by atoms with van der Waals surface area (Å²) in [5, 5.41) is 23.6. The number of nitrogens with one attached hydrogen (secondary N) is 1. The number of rotatable bonds is 3. The fraction of sp³-hybridized carbons (Fsp3) is 0.643. The number of fused-ring (bicyclic) bond motifs is 1. The summed E-state index contributed by atoms with van der Waals surface area (Å²) in [6.45, 7) is 5.76. The molecule has 0 aromatic carbocycles. The summed E-state index contributed by atoms with van der Waals surface area (Å²) < 4.78 is 7.45. The van der Waals surface area contributed by atoms with Gasteiger partial charge in [0.15, 0.2) is 17.7 Å². The van der Waals surface area contributed by atoms with Gasteiger partial charge in [-0.3, -0.25) is 4.57 Å². The van der Waals surface area contributed by atoms with Gasteiger partial charge in [-0.1, -0.05) is 0 Å². The Labute approximate surface area is 133 Å². The van der Waals surface area contributed by atoms with E-state index in [0.29, 0.717) is 11.2 Å². The highest BCUT2D eigenvalue weighted by Gasteiger charge is 2.46. The van der Waals surface area contributed by atoms with Crippen molar-refractivity contribution in [2.45, 2.75) is 50.8 Å². The minimum Gasteiger partial charge on any atom is -0.394 e. The summed E-state index contributed by atoms with van der Waals surface area (Å²) in [5.74, 6) is 0.268. The highest BCUT2D eigenvalue weighted by atomic mass is 16.5. The van der Waals surface area contributed by atoms with Crippen molar-refractivity contribution < 1.29 is 14.9 Å². The Kier molecular flexibility index (Phi) is 3.96. The number of nitrogen functional groups attached to an aromatic ring is 1. The number of nitrogens with two attached hydrogens (primary N) is 1. The molecule has 1 unspecified atom stereocenters. The van der Waals surface area contributed by atoms with Crippen molar-refractivity contribution in [1.29, 1.82) is 0 Å². The minimum atomic E-state index is -0.875. The summed E-state index contributed by atoms with van der Waals surface area (Å²) in [6.07, 6.45) is 0.723. The zero-order chi connectivity index (χ0) is 16.8. The second-order valence-corrected chi connectivity index (χ2v) is 6.74. The van der Waals surface area contributed by atoms with Crippen LogP contribution in [-0.4, -0.2) is 60.1 Å². The fourth-order valence-corrected chi connectivity index (χ4v) is 2.86. The molecule has 0 radical (unpaired) electrons. The molecule has 3 rings (SSSR count). The van der Waals surface area contributed by atoms with Gasteiger partial charge in [0.1, 0.15) is 24.1 Å². The Morgan fingerprint density at radius 2 is 2.09 bits per heavy atom. The van der Waals surface area contributed by atoms with E-state index in [4.69, 9.17) is 10.5 Å². The molecular formula is C14H22N6O3. The smallest absolute Gasteiger partial charge is 0.167 e. The number of nitrogens with zero attached hydrogens (tertiary/aromatic N) is 4. The first-order valence-corrected chi connectivity index (χ1v) is 7.47. The molecule has 0 spiro atoms. The van der Waals surface area contributed by atoms with Crippen LogP contribution in [0.4, 0.5) is 5.82 Å². The van der Waals surface area contributed by atoms with Crippen molar-refractivity contribution in [3.05, 3.63) is 12.7 Å². The van der Waals surface area contributed by atoms with E-state index >= 15 is 0 Å². The van der Waals surface area contributed by atoms with E-state index in [1.54, 1.807) is 4.57 Å². The zero-order valence-corrected chi connectivity index (χ0v) is 13.3. The molecule has 5 N–H and O–H groups in total. The van der Waals surface area contributed by atoms with Gasteiger partial charge in [-0.25, -0.2) is 15.0 Å². The third-order valence-electron chi connectivity index (χ3n) is 3.82. The van der Waals surface area contributed by atoms with Crippen LogP contribution in [0.2, 0.25) is 0 Å². The SMILES string of the molecule is CC(C)(C)NC1[C@@H](O)[C@H](n2cnc3c(N)ncnc32)O[C@@H]1CO. The molecule has 1 aliphatic heterocycles. The molecule has 0 aliphatic carbocycles. The number of ether oxygens (including phenoxy) is 1. The van der Waals surface area contributed by atoms with Gasteiger partial charge in [0.25, 0.3) is 0 Å². The van der Waals surface area contributed by atoms with Crippen LogP contribution in [0.5, 0.6) is 0 Å². The first kappa shape index (κ1) is 16.1. The third kappa shape index (κ3) is 2.88. The maximum atomic E-state index is 10.7. The predicted molar refractivity (Wildman–Crippen MR) is 83.4 cm³/mol. The van der Waals surface area contributed by atoms with Crippen LogP contribution in [0, 0.1) is 0 Å². The van der Waals surface area contributed by atoms with E-state index in [2.05, 4.69) is 20.3 Å². The summed E-state index contributed by atoms with van der Waals surface area (Å²) in [6, 6.07) is -0.415. The van der Waals surface area contributed by atoms with Crippen LogP contribution < -0.4 is 11.1 Å². The standard InChI is InChI=1S/C14H22N6O3/c1-14(2,3)19-8-7(4-21)23-13(10(8)22)20-6-18-9-11(15)16-5-17-12(9)20/h5-8,10,13,19,21-22H,4H2,1-3H3,(H2,15,16,17)/t7-,8?,10-,13-/m1/s1. The minimum absolute atomic E-state index is 0.203. The molecule has 126 valence electrons. The van der Waals surface area contributed by atoms with Gasteiger partial charge >= 0.3 is 0 Å². The highest BCUT2D eigenvalue weighted by Crippen LogP contribution is 2.32. The molecule has 0 saturated carbocycles. The maximum absolute atomic E-state index is 10.7. The topological polar surface area (TPSA) is 131 Å². The second kappa shape index (κ2) is 5.68. The lowest BCUT2D eigenvalue weighted by atomic mass is 10.0. The van der Waals surface area contributed by atoms with Gasteiger partial charge in [-0.15, -0.1) is 0 Å². The van der Waals surface area contributed by atoms with Crippen LogP contribution in [-0.2, 0) is 4.74 Å². The van der Waals surface area contributed by atoms with Crippen LogP contribution >= 0.6 is 0 Å². The Morgan fingerprint density at radius 1 is 1.35 bits per heavy atom. The summed E-state index contributed by atoms with van der Waals surface area (Å²) in [5.41, 5.74) is 6.48. The lowest BCUT2D eigenvalue weighted by Crippen LogP contribution is -2.53. The molecule has 4 atom stereocenters. The first-order valence-electron chi connectivity index (χ1n) is 7.47. The first-order chi connectivity index (χ1) is 10.8. The average molecular weight is 322 g/mol. The van der Waals surface area contributed by atoms with Gasteiger partial charge in [0, 0.05) is 5.54 Å². The largest absolute Gasteiger partial charge is 0.394 e. The molecular weight excluding hydrogens is 300 g/mol. The number of hydrogen-bond acceptors (Lipinski definition) is 8. The highest BCUT2D eigenvalue weighted by molar-refractivity contribution is 5.81. The number of imidazole rings is 1. The molecule has 2 aromatic rings. The predicted octanol–water partition coefficient (Wildman–Crippen LogP) is -0.584. The van der Waals surface area contributed by atoms with Crippen molar-refractivity contribution in [2.75, 3.05) is 12.3 Å². The molecule has 1 aliphatic rings. The van der Waals surface area contributed by atoms with Crippen molar-refractivity contribution in [2.24, 2.45) is 0 Å². The zero-order valence-electron chi connectivity index (χ0n) is 13.3. The number of hydrogen-bond donors (Lipinski definition) is 4. The van der Waals surface area contributed by atoms with Gasteiger partial charge in [0.05, 0.1) is 19.0 Å². The molecule has 1 fully saturated rings. The molecule has 0 bridgehead atoms. The summed E-state index contributed by atoms with van der Waals surface area (Å²) >= 11 is 0. The second-order valence-electron chi connectivity index (χ2n) is 6.74. The van der Waals surface area contributed by atoms with E-state index in [1.807, 2.05) is 20.8 Å². The van der Waals surface area contributed by atoms with Gasteiger partial charge < -0.3 is 26.0 Å². The van der Waals surface area contributed by atoms with Gasteiger partial charge in [0.2, 0.25) is 0 Å². The van der Waals surface area contributed by atoms with Crippen molar-refractivity contribution in [1.82, 2.24) is 24.8 Å². The molecule has 9 nitrogen and oxygen atoms in total. The number of aromatic nitrogens is 4. The molecule has 2 aromatic heterocycles. The monoisotopic (exact) mass is 322 g/mol. The van der Waals surface area contributed by atoms with Crippen LogP contribution in [0.25, 0.3) is 11.2 Å². The van der Waals surface area contributed by atoms with Crippen molar-refractivity contribution >= 4 is 17.0 Å². The molecule has 23 heavy (non-hydrogen) atoms. The number of anilines is 1. The van der Waals surface area contributed by atoms with E-state index in [0.717, 1.165) is 0 Å². The normalized spacial score (nSPS) is 28.6. The lowest BCUT2D eigenvalue weighted by molar-refractivity contribution is -0.0490. The fourth-order valence-electron chi connectivity index (χ4n) is 2.86. The van der Waals surface area contributed by atoms with E-state index < -0.39 is 24.5 Å². The van der Waals surface area contributed by atoms with Crippen LogP contribution in [0.1, 0.15) is 27.0 Å². The van der Waals surface area contributed by atoms with E-state index in [1.165, 1.54) is 12.7 Å². The Bertz CT molecular complexity index is 697. The Morgan fingerprint density at radius 3 is 2.74 bits per heavy atom. The van der Waals surface area contributed by atoms with E-state index in [9.17, 15) is 10.2 Å². The van der Waals surface area contributed by atoms with Crippen molar-refractivity contribution in [3.8, 4) is 0 Å². The number of aliphatic hydroxyl groups is 2. The molecule has 1 saturated heterocycles. The molecule has 3 heterocycles. The van der Waals surface area contributed by atoms with E-state index in [-0.39, 0.29) is 18.0 Å². The average Bonchev–Trinajstić information content (AvgIpc) is 3.01. The number of aliphatic hydroxyl groups excluding tert-OH is 2. The van der Waals surface area contributed by atoms with Gasteiger partial charge in [-0.2, -0.15) is 0 Å². The maximum Gasteiger partial charge on any atom is 0.167 e. The Hall–Kier alpha value is -1.81. The third-order valence-corrected chi connectivity index (χ3v) is 3.82. The Balaban J connectivity index is 1.95. The van der Waals surface area contributed by atoms with Gasteiger partial charge in [-0.05, 0) is 20.8 Å².